The highest BCUT2D eigenvalue weighted by atomic mass is 32.1. The molecular formula is C15H38N2O7PS+. The Morgan fingerprint density at radius 1 is 0.962 bits per heavy atom. The van der Waals surface area contributed by atoms with E-state index in [4.69, 9.17) is 13.6 Å². The molecule has 26 heavy (non-hydrogen) atoms. The van der Waals surface area contributed by atoms with Crippen LogP contribution in [0.25, 0.3) is 0 Å². The summed E-state index contributed by atoms with van der Waals surface area (Å²) in [7, 11) is 8.57. The van der Waals surface area contributed by atoms with Gasteiger partial charge in [-0.05, 0) is 18.7 Å². The molecule has 0 bridgehead atoms. The fourth-order valence-corrected chi connectivity index (χ4v) is 2.48. The third-order valence-corrected chi connectivity index (χ3v) is 4.61. The van der Waals surface area contributed by atoms with E-state index in [0.29, 0.717) is 19.8 Å². The van der Waals surface area contributed by atoms with Crippen molar-refractivity contribution in [3.05, 3.63) is 0 Å². The third kappa shape index (κ3) is 19.0. The fraction of sp³-hybridized carbons (Fsp3) is 1.00. The van der Waals surface area contributed by atoms with Crippen molar-refractivity contribution in [1.29, 1.82) is 0 Å². The fourth-order valence-electron chi connectivity index (χ4n) is 1.42. The lowest BCUT2D eigenvalue weighted by molar-refractivity contribution is -0.870. The lowest BCUT2D eigenvalue weighted by Crippen LogP contribution is -2.37. The van der Waals surface area contributed by atoms with Crippen molar-refractivity contribution in [1.82, 2.24) is 5.32 Å². The predicted octanol–water partition coefficient (Wildman–Crippen LogP) is 1.60. The van der Waals surface area contributed by atoms with Crippen LogP contribution in [0.1, 0.15) is 6.42 Å². The van der Waals surface area contributed by atoms with Crippen LogP contribution in [0.3, 0.4) is 0 Å². The molecule has 9 nitrogen and oxygen atoms in total. The van der Waals surface area contributed by atoms with E-state index < -0.39 is 14.3 Å². The van der Waals surface area contributed by atoms with Crippen LogP contribution in [0.15, 0.2) is 0 Å². The SMILES string of the molecule is COC(OC)OC.COP(=O)(OCCNCCCS)OCC[N+](C)(C)C. The molecule has 1 atom stereocenters. The average Bonchev–Trinajstić information content (AvgIpc) is 2.59. The Hall–Kier alpha value is 0.260. The maximum absolute atomic E-state index is 12.0. The van der Waals surface area contributed by atoms with Crippen molar-refractivity contribution < 1.29 is 36.8 Å². The molecule has 0 aromatic heterocycles. The monoisotopic (exact) mass is 421 g/mol. The van der Waals surface area contributed by atoms with Gasteiger partial charge in [0.15, 0.2) is 0 Å². The molecule has 0 aromatic rings. The van der Waals surface area contributed by atoms with Gasteiger partial charge in [-0.1, -0.05) is 0 Å². The van der Waals surface area contributed by atoms with Crippen LogP contribution < -0.4 is 5.32 Å². The van der Waals surface area contributed by atoms with Gasteiger partial charge in [0.05, 0.1) is 27.7 Å². The highest BCUT2D eigenvalue weighted by Crippen LogP contribution is 2.48. The van der Waals surface area contributed by atoms with Crippen LogP contribution in [-0.4, -0.2) is 99.1 Å². The van der Waals surface area contributed by atoms with Gasteiger partial charge >= 0.3 is 7.82 Å². The number of hydrogen-bond acceptors (Lipinski definition) is 9. The Kier molecular flexibility index (Phi) is 19.0. The summed E-state index contributed by atoms with van der Waals surface area (Å²) < 4.78 is 41.9. The van der Waals surface area contributed by atoms with Gasteiger partial charge in [-0.3, -0.25) is 13.6 Å². The number of quaternary nitrogens is 1. The lowest BCUT2D eigenvalue weighted by atomic mass is 10.5. The predicted molar refractivity (Wildman–Crippen MR) is 106 cm³/mol. The maximum atomic E-state index is 12.0. The zero-order valence-electron chi connectivity index (χ0n) is 17.2. The first-order valence-corrected chi connectivity index (χ1v) is 10.4. The van der Waals surface area contributed by atoms with E-state index in [1.165, 1.54) is 28.4 Å². The minimum absolute atomic E-state index is 0.294. The van der Waals surface area contributed by atoms with Crippen molar-refractivity contribution in [2.75, 3.05) is 88.2 Å². The Morgan fingerprint density at radius 3 is 1.88 bits per heavy atom. The molecule has 0 radical (unpaired) electrons. The standard InChI is InChI=1S/C11H27N2O4PS.C4H10O3/c1-13(2,3)8-10-17-18(14,15-4)16-9-7-12-6-5-11-19;1-5-4(6-2)7-3/h12H,5-11H2,1-4H3;4H,1-3H3/p+1. The van der Waals surface area contributed by atoms with Crippen molar-refractivity contribution in [3.63, 3.8) is 0 Å². The summed E-state index contributed by atoms with van der Waals surface area (Å²) in [6.07, 6.45) is 0.991. The number of likely N-dealkylation sites (N-methyl/N-ethyl adjacent to an activating group) is 1. The van der Waals surface area contributed by atoms with Crippen LogP contribution >= 0.6 is 20.5 Å². The number of nitrogens with one attached hydrogen (secondary N) is 1. The molecule has 0 aliphatic heterocycles. The summed E-state index contributed by atoms with van der Waals surface area (Å²) in [5.41, 5.74) is 0. The first kappa shape index (κ1) is 28.5. The number of methoxy groups -OCH3 is 3. The van der Waals surface area contributed by atoms with Gasteiger partial charge in [-0.2, -0.15) is 12.6 Å². The van der Waals surface area contributed by atoms with Crippen molar-refractivity contribution in [2.45, 2.75) is 12.9 Å². The molecule has 0 saturated heterocycles. The molecule has 0 saturated carbocycles. The number of phosphoric acid groups is 1. The number of nitrogens with zero attached hydrogens (tertiary/aromatic N) is 1. The van der Waals surface area contributed by atoms with Crippen molar-refractivity contribution in [2.24, 2.45) is 0 Å². The first-order valence-electron chi connectivity index (χ1n) is 8.33. The summed E-state index contributed by atoms with van der Waals surface area (Å²) in [6.45, 7) is 2.33. The Bertz CT molecular complexity index is 350. The van der Waals surface area contributed by atoms with Gasteiger partial charge in [-0.15, -0.1) is 0 Å². The van der Waals surface area contributed by atoms with Crippen molar-refractivity contribution >= 4 is 20.5 Å². The summed E-state index contributed by atoms with van der Waals surface area (Å²) in [6, 6.07) is 0. The van der Waals surface area contributed by atoms with Gasteiger partial charge in [-0.25, -0.2) is 4.57 Å². The van der Waals surface area contributed by atoms with Crippen LogP contribution in [0.2, 0.25) is 0 Å². The summed E-state index contributed by atoms with van der Waals surface area (Å²) in [4.78, 5) is 0. The number of rotatable bonds is 15. The molecular weight excluding hydrogens is 383 g/mol. The van der Waals surface area contributed by atoms with Crippen LogP contribution in [0, 0.1) is 0 Å². The van der Waals surface area contributed by atoms with Gasteiger partial charge in [0.1, 0.15) is 13.2 Å². The quantitative estimate of drug-likeness (QED) is 0.136. The number of hydrogen-bond donors (Lipinski definition) is 2. The molecule has 0 spiro atoms. The molecule has 11 heteroatoms. The smallest absolute Gasteiger partial charge is 0.333 e. The second kappa shape index (κ2) is 17.4. The van der Waals surface area contributed by atoms with Gasteiger partial charge in [0.25, 0.3) is 6.48 Å². The number of thiol groups is 1. The van der Waals surface area contributed by atoms with Crippen molar-refractivity contribution in [3.8, 4) is 0 Å². The number of phosphoric ester groups is 1. The molecule has 0 aromatic carbocycles. The summed E-state index contributed by atoms with van der Waals surface area (Å²) >= 11 is 4.11. The largest absolute Gasteiger partial charge is 0.474 e. The third-order valence-electron chi connectivity index (χ3n) is 2.85. The second-order valence-electron chi connectivity index (χ2n) is 6.13. The van der Waals surface area contributed by atoms with Gasteiger partial charge < -0.3 is 24.0 Å². The van der Waals surface area contributed by atoms with E-state index >= 15 is 0 Å². The lowest BCUT2D eigenvalue weighted by Gasteiger charge is -2.24. The van der Waals surface area contributed by atoms with Crippen LogP contribution in [0.4, 0.5) is 0 Å². The molecule has 0 aliphatic carbocycles. The highest BCUT2D eigenvalue weighted by Gasteiger charge is 2.25. The highest BCUT2D eigenvalue weighted by molar-refractivity contribution is 7.80. The molecule has 0 fully saturated rings. The van der Waals surface area contributed by atoms with Gasteiger partial charge in [0.2, 0.25) is 0 Å². The minimum atomic E-state index is -3.41. The first-order chi connectivity index (χ1) is 12.2. The van der Waals surface area contributed by atoms with Crippen LogP contribution in [0.5, 0.6) is 0 Å². The van der Waals surface area contributed by atoms with E-state index in [1.54, 1.807) is 0 Å². The topological polar surface area (TPSA) is 84.5 Å². The normalized spacial score (nSPS) is 14.0. The van der Waals surface area contributed by atoms with E-state index in [0.717, 1.165) is 29.7 Å². The van der Waals surface area contributed by atoms with Gasteiger partial charge in [0, 0.05) is 35.0 Å². The zero-order chi connectivity index (χ0) is 20.5. The summed E-state index contributed by atoms with van der Waals surface area (Å²) in [5.74, 6) is 0.846. The molecule has 1 N–H and O–H groups in total. The molecule has 0 aliphatic rings. The minimum Gasteiger partial charge on any atom is -0.333 e. The van der Waals surface area contributed by atoms with E-state index in [-0.39, 0.29) is 0 Å². The maximum Gasteiger partial charge on any atom is 0.474 e. The van der Waals surface area contributed by atoms with E-state index in [1.807, 2.05) is 21.1 Å². The Morgan fingerprint density at radius 2 is 1.50 bits per heavy atom. The summed E-state index contributed by atoms with van der Waals surface area (Å²) in [5, 5.41) is 3.15. The van der Waals surface area contributed by atoms with E-state index in [2.05, 4.69) is 32.2 Å². The molecule has 0 amide bonds. The Labute approximate surface area is 164 Å². The number of ether oxygens (including phenoxy) is 3. The average molecular weight is 422 g/mol. The zero-order valence-corrected chi connectivity index (χ0v) is 19.0. The Balaban J connectivity index is 0. The van der Waals surface area contributed by atoms with Crippen LogP contribution in [-0.2, 0) is 32.3 Å². The molecule has 0 heterocycles. The molecule has 160 valence electrons. The van der Waals surface area contributed by atoms with E-state index in [9.17, 15) is 4.57 Å². The second-order valence-corrected chi connectivity index (χ2v) is 8.36. The molecule has 1 unspecified atom stereocenters. The molecule has 0 rings (SSSR count).